The predicted molar refractivity (Wildman–Crippen MR) is 51.3 cm³/mol. The summed E-state index contributed by atoms with van der Waals surface area (Å²) in [4.78, 5) is 13.0. The van der Waals surface area contributed by atoms with Gasteiger partial charge in [0.2, 0.25) is 0 Å². The lowest BCUT2D eigenvalue weighted by molar-refractivity contribution is 0.167. The molecule has 1 aromatic carbocycles. The van der Waals surface area contributed by atoms with Crippen LogP contribution in [0, 0.1) is 0 Å². The van der Waals surface area contributed by atoms with Gasteiger partial charge in [0.15, 0.2) is 0 Å². The summed E-state index contributed by atoms with van der Waals surface area (Å²) >= 11 is 4.99. The second kappa shape index (κ2) is 5.11. The van der Waals surface area contributed by atoms with E-state index in [1.165, 1.54) is 0 Å². The van der Waals surface area contributed by atoms with Crippen molar-refractivity contribution in [2.75, 3.05) is 0 Å². The molecule has 0 atom stereocenters. The zero-order valence-electron chi connectivity index (χ0n) is 7.05. The van der Waals surface area contributed by atoms with Gasteiger partial charge in [-0.1, -0.05) is 29.4 Å². The molecular formula is C8H6ClN3O2. The van der Waals surface area contributed by atoms with Gasteiger partial charge in [-0.3, -0.25) is 0 Å². The van der Waals surface area contributed by atoms with Crippen molar-refractivity contribution in [3.63, 3.8) is 0 Å². The Labute approximate surface area is 84.9 Å². The maximum atomic E-state index is 10.3. The Balaban J connectivity index is 2.84. The minimum Gasteiger partial charge on any atom is -0.449 e. The van der Waals surface area contributed by atoms with Gasteiger partial charge in [-0.15, -0.1) is 0 Å². The molecule has 1 rings (SSSR count). The van der Waals surface area contributed by atoms with Crippen molar-refractivity contribution in [1.29, 1.82) is 0 Å². The Morgan fingerprint density at radius 1 is 1.57 bits per heavy atom. The number of halogens is 1. The molecule has 0 spiro atoms. The number of nitrogens with zero attached hydrogens (tertiary/aromatic N) is 3. The normalized spacial score (nSPS) is 8.93. The van der Waals surface area contributed by atoms with Crippen LogP contribution in [0.1, 0.15) is 5.56 Å². The van der Waals surface area contributed by atoms with E-state index in [4.69, 9.17) is 17.1 Å². The second-order valence-corrected chi connectivity index (χ2v) is 2.65. The van der Waals surface area contributed by atoms with Gasteiger partial charge in [-0.05, 0) is 11.1 Å². The standard InChI is InChI=1S/C8H6ClN3O2/c9-8(13)14-5-6-3-1-2-4-7(6)11-12-10/h1-4H,5H2. The van der Waals surface area contributed by atoms with Crippen molar-refractivity contribution in [2.45, 2.75) is 6.61 Å². The van der Waals surface area contributed by atoms with Crippen LogP contribution in [-0.2, 0) is 11.3 Å². The average Bonchev–Trinajstić information content (AvgIpc) is 2.17. The Bertz CT molecular complexity index is 388. The molecule has 0 saturated carbocycles. The number of benzene rings is 1. The zero-order valence-corrected chi connectivity index (χ0v) is 7.81. The molecule has 0 bridgehead atoms. The van der Waals surface area contributed by atoms with Crippen LogP contribution in [0.5, 0.6) is 0 Å². The van der Waals surface area contributed by atoms with Crippen molar-refractivity contribution < 1.29 is 9.53 Å². The maximum Gasteiger partial charge on any atom is 0.404 e. The third-order valence-electron chi connectivity index (χ3n) is 1.49. The van der Waals surface area contributed by atoms with E-state index >= 15 is 0 Å². The van der Waals surface area contributed by atoms with Crippen LogP contribution in [0.2, 0.25) is 0 Å². The monoisotopic (exact) mass is 211 g/mol. The van der Waals surface area contributed by atoms with Gasteiger partial charge in [0.05, 0.1) is 0 Å². The fourth-order valence-electron chi connectivity index (χ4n) is 0.913. The smallest absolute Gasteiger partial charge is 0.404 e. The second-order valence-electron chi connectivity index (χ2n) is 2.34. The summed E-state index contributed by atoms with van der Waals surface area (Å²) in [5.74, 6) is 0. The average molecular weight is 212 g/mol. The summed E-state index contributed by atoms with van der Waals surface area (Å²) in [6.07, 6.45) is 0. The zero-order chi connectivity index (χ0) is 10.4. The third kappa shape index (κ3) is 2.97. The summed E-state index contributed by atoms with van der Waals surface area (Å²) in [6, 6.07) is 6.77. The predicted octanol–water partition coefficient (Wildman–Crippen LogP) is 3.50. The van der Waals surface area contributed by atoms with E-state index in [0.29, 0.717) is 11.3 Å². The Morgan fingerprint density at radius 3 is 2.93 bits per heavy atom. The summed E-state index contributed by atoms with van der Waals surface area (Å²) in [5.41, 5.74) is 8.39. The molecule has 0 fully saturated rings. The molecule has 6 heteroatoms. The number of rotatable bonds is 3. The summed E-state index contributed by atoms with van der Waals surface area (Å²) in [6.45, 7) is -0.00245. The van der Waals surface area contributed by atoms with Crippen LogP contribution >= 0.6 is 11.6 Å². The van der Waals surface area contributed by atoms with Crippen molar-refractivity contribution in [3.05, 3.63) is 40.3 Å². The van der Waals surface area contributed by atoms with Crippen LogP contribution in [0.15, 0.2) is 29.4 Å². The number of hydrogen-bond donors (Lipinski definition) is 0. The number of ether oxygens (including phenoxy) is 1. The van der Waals surface area contributed by atoms with Gasteiger partial charge in [0, 0.05) is 22.2 Å². The van der Waals surface area contributed by atoms with Crippen molar-refractivity contribution in [1.82, 2.24) is 0 Å². The van der Waals surface area contributed by atoms with E-state index in [0.717, 1.165) is 0 Å². The number of carbonyl (C=O) groups excluding carboxylic acids is 1. The van der Waals surface area contributed by atoms with Crippen molar-refractivity contribution in [2.24, 2.45) is 5.11 Å². The van der Waals surface area contributed by atoms with E-state index in [2.05, 4.69) is 14.8 Å². The van der Waals surface area contributed by atoms with Crippen LogP contribution in [0.4, 0.5) is 10.5 Å². The van der Waals surface area contributed by atoms with Gasteiger partial charge < -0.3 is 4.74 Å². The van der Waals surface area contributed by atoms with Gasteiger partial charge in [-0.2, -0.15) is 0 Å². The number of azide groups is 1. The number of carbonyl (C=O) groups is 1. The van der Waals surface area contributed by atoms with Gasteiger partial charge in [0.25, 0.3) is 0 Å². The molecule has 0 unspecified atom stereocenters. The Morgan fingerprint density at radius 2 is 2.29 bits per heavy atom. The first-order chi connectivity index (χ1) is 6.74. The lowest BCUT2D eigenvalue weighted by Gasteiger charge is -2.03. The first kappa shape index (κ1) is 10.4. The summed E-state index contributed by atoms with van der Waals surface area (Å²) in [7, 11) is 0. The molecule has 0 heterocycles. The van der Waals surface area contributed by atoms with E-state index in [-0.39, 0.29) is 6.61 Å². The van der Waals surface area contributed by atoms with Crippen LogP contribution in [0.25, 0.3) is 10.4 Å². The molecule has 0 aliphatic rings. The van der Waals surface area contributed by atoms with Crippen LogP contribution in [0.3, 0.4) is 0 Å². The van der Waals surface area contributed by atoms with Crippen LogP contribution < -0.4 is 0 Å². The maximum absolute atomic E-state index is 10.3. The first-order valence-corrected chi connectivity index (χ1v) is 4.07. The fraction of sp³-hybridized carbons (Fsp3) is 0.125. The summed E-state index contributed by atoms with van der Waals surface area (Å²) < 4.78 is 4.56. The SMILES string of the molecule is [N-]=[N+]=Nc1ccccc1COC(=O)Cl. The Kier molecular flexibility index (Phi) is 3.79. The minimum absolute atomic E-state index is 0.00245. The molecular weight excluding hydrogens is 206 g/mol. The lowest BCUT2D eigenvalue weighted by atomic mass is 10.2. The van der Waals surface area contributed by atoms with Crippen molar-refractivity contribution >= 4 is 22.7 Å². The lowest BCUT2D eigenvalue weighted by Crippen LogP contribution is -1.94. The molecule has 72 valence electrons. The highest BCUT2D eigenvalue weighted by Gasteiger charge is 2.01. The third-order valence-corrected chi connectivity index (χ3v) is 1.59. The molecule has 0 radical (unpaired) electrons. The highest BCUT2D eigenvalue weighted by Crippen LogP contribution is 2.19. The van der Waals surface area contributed by atoms with Gasteiger partial charge in [0.1, 0.15) is 6.61 Å². The molecule has 0 aromatic heterocycles. The van der Waals surface area contributed by atoms with Crippen LogP contribution in [-0.4, -0.2) is 5.43 Å². The topological polar surface area (TPSA) is 75.1 Å². The molecule has 5 nitrogen and oxygen atoms in total. The molecule has 0 aliphatic carbocycles. The van der Waals surface area contributed by atoms with Gasteiger partial charge >= 0.3 is 5.43 Å². The molecule has 0 saturated heterocycles. The molecule has 0 aliphatic heterocycles. The number of hydrogen-bond acceptors (Lipinski definition) is 3. The van der Waals surface area contributed by atoms with Gasteiger partial charge in [-0.25, -0.2) is 4.79 Å². The molecule has 1 aromatic rings. The quantitative estimate of drug-likeness (QED) is 0.332. The highest BCUT2D eigenvalue weighted by atomic mass is 35.5. The fourth-order valence-corrected chi connectivity index (χ4v) is 0.968. The van der Waals surface area contributed by atoms with Crippen molar-refractivity contribution in [3.8, 4) is 0 Å². The van der Waals surface area contributed by atoms with E-state index in [9.17, 15) is 4.79 Å². The summed E-state index contributed by atoms with van der Waals surface area (Å²) in [5, 5.41) is 3.43. The minimum atomic E-state index is -0.888. The molecule has 0 amide bonds. The Hall–Kier alpha value is -1.71. The van der Waals surface area contributed by atoms with E-state index < -0.39 is 5.43 Å². The first-order valence-electron chi connectivity index (χ1n) is 3.69. The van der Waals surface area contributed by atoms with E-state index in [1.807, 2.05) is 0 Å². The molecule has 14 heavy (non-hydrogen) atoms. The highest BCUT2D eigenvalue weighted by molar-refractivity contribution is 6.61. The molecule has 0 N–H and O–H groups in total. The van der Waals surface area contributed by atoms with E-state index in [1.54, 1.807) is 24.3 Å². The largest absolute Gasteiger partial charge is 0.449 e.